The van der Waals surface area contributed by atoms with Gasteiger partial charge in [-0.05, 0) is 0 Å². The second-order valence-corrected chi connectivity index (χ2v) is 1.49. The van der Waals surface area contributed by atoms with Gasteiger partial charge in [0.05, 0.1) is 0 Å². The maximum absolute atomic E-state index is 10.2. The minimum Gasteiger partial charge on any atom is -0.336 e. The first kappa shape index (κ1) is 5.08. The Morgan fingerprint density at radius 1 is 1.50 bits per heavy atom. The molecule has 4 nitrogen and oxygen atoms in total. The fourth-order valence-corrected chi connectivity index (χ4v) is 0.485. The Morgan fingerprint density at radius 2 is 2.25 bits per heavy atom. The van der Waals surface area contributed by atoms with Gasteiger partial charge in [-0.2, -0.15) is 5.32 Å². The molecule has 1 aliphatic rings. The molecule has 0 unspecified atom stereocenters. The number of hydrogen-bond acceptors (Lipinski definition) is 2. The highest BCUT2D eigenvalue weighted by atomic mass is 16.2. The largest absolute Gasteiger partial charge is 0.344 e. The topological polar surface area (TPSA) is 60.3 Å². The van der Waals surface area contributed by atoms with E-state index in [0.717, 1.165) is 0 Å². The Hall–Kier alpha value is -1.06. The van der Waals surface area contributed by atoms with Crippen molar-refractivity contribution >= 4 is 11.9 Å². The van der Waals surface area contributed by atoms with E-state index in [4.69, 9.17) is 0 Å². The number of nitrogens with zero attached hydrogens (tertiary/aromatic N) is 1. The van der Waals surface area contributed by atoms with Crippen LogP contribution in [0.1, 0.15) is 6.42 Å². The Morgan fingerprint density at radius 3 is 2.62 bits per heavy atom. The van der Waals surface area contributed by atoms with E-state index >= 15 is 0 Å². The smallest absolute Gasteiger partial charge is 0.336 e. The molecule has 0 aromatic rings. The van der Waals surface area contributed by atoms with Crippen molar-refractivity contribution in [3.8, 4) is 0 Å². The average Bonchev–Trinajstić information content (AvgIpc) is 1.64. The summed E-state index contributed by atoms with van der Waals surface area (Å²) in [4.78, 5) is 20.4. The van der Waals surface area contributed by atoms with E-state index in [1.165, 1.54) is 0 Å². The zero-order chi connectivity index (χ0) is 5.98. The van der Waals surface area contributed by atoms with E-state index in [-0.39, 0.29) is 5.91 Å². The van der Waals surface area contributed by atoms with Crippen molar-refractivity contribution in [2.45, 2.75) is 6.42 Å². The summed E-state index contributed by atoms with van der Waals surface area (Å²) >= 11 is 0. The van der Waals surface area contributed by atoms with E-state index in [2.05, 4.69) is 10.6 Å². The number of rotatable bonds is 0. The van der Waals surface area contributed by atoms with Crippen molar-refractivity contribution in [3.63, 3.8) is 0 Å². The van der Waals surface area contributed by atoms with Gasteiger partial charge in [-0.15, -0.1) is 0 Å². The molecule has 1 N–H and O–H groups in total. The lowest BCUT2D eigenvalue weighted by Crippen LogP contribution is -2.41. The van der Waals surface area contributed by atoms with Crippen LogP contribution in [-0.2, 0) is 4.79 Å². The van der Waals surface area contributed by atoms with Crippen molar-refractivity contribution in [1.29, 1.82) is 0 Å². The van der Waals surface area contributed by atoms with E-state index in [1.54, 1.807) is 0 Å². The quantitative estimate of drug-likeness (QED) is 0.448. The number of imide groups is 1. The van der Waals surface area contributed by atoms with Crippen LogP contribution in [0.25, 0.3) is 0 Å². The molecule has 8 heavy (non-hydrogen) atoms. The molecule has 1 heterocycles. The molecule has 0 bridgehead atoms. The predicted molar refractivity (Wildman–Crippen MR) is 25.2 cm³/mol. The fraction of sp³-hybridized carbons (Fsp3) is 0.500. The molecule has 1 saturated heterocycles. The van der Waals surface area contributed by atoms with Crippen LogP contribution in [0.4, 0.5) is 4.79 Å². The zero-order valence-corrected chi connectivity index (χ0v) is 4.18. The Kier molecular flexibility index (Phi) is 1.15. The van der Waals surface area contributed by atoms with E-state index in [9.17, 15) is 9.59 Å². The first-order valence-corrected chi connectivity index (χ1v) is 2.31. The minimum atomic E-state index is -0.513. The third-order valence-electron chi connectivity index (χ3n) is 0.841. The van der Waals surface area contributed by atoms with Crippen LogP contribution < -0.4 is 10.6 Å². The molecule has 0 aliphatic carbocycles. The van der Waals surface area contributed by atoms with Gasteiger partial charge in [-0.25, -0.2) is 4.79 Å². The first-order chi connectivity index (χ1) is 3.79. The SMILES string of the molecule is O=C1CCNC(=O)[N]1. The summed E-state index contributed by atoms with van der Waals surface area (Å²) in [5, 5.41) is 5.48. The van der Waals surface area contributed by atoms with Gasteiger partial charge >= 0.3 is 6.03 Å². The Balaban J connectivity index is 2.45. The highest BCUT2D eigenvalue weighted by molar-refractivity contribution is 5.96. The molecule has 0 spiro atoms. The van der Waals surface area contributed by atoms with Crippen LogP contribution >= 0.6 is 0 Å². The van der Waals surface area contributed by atoms with Crippen LogP contribution in [0.3, 0.4) is 0 Å². The summed E-state index contributed by atoms with van der Waals surface area (Å²) in [6, 6.07) is -0.513. The van der Waals surface area contributed by atoms with Gasteiger partial charge in [0.15, 0.2) is 0 Å². The summed E-state index contributed by atoms with van der Waals surface area (Å²) in [5.74, 6) is -0.325. The Bertz CT molecular complexity index is 118. The molecule has 1 aliphatic heterocycles. The van der Waals surface area contributed by atoms with Crippen molar-refractivity contribution in [1.82, 2.24) is 10.6 Å². The van der Waals surface area contributed by atoms with Gasteiger partial charge in [0.2, 0.25) is 0 Å². The second-order valence-electron chi connectivity index (χ2n) is 1.49. The predicted octanol–water partition coefficient (Wildman–Crippen LogP) is -0.769. The van der Waals surface area contributed by atoms with Gasteiger partial charge < -0.3 is 5.32 Å². The standard InChI is InChI=1S/C4H5N2O2/c7-3-1-2-5-4(8)6-3/h1-2H2,(H,5,8). The zero-order valence-electron chi connectivity index (χ0n) is 4.18. The molecule has 0 saturated carbocycles. The maximum atomic E-state index is 10.2. The summed E-state index contributed by atoms with van der Waals surface area (Å²) in [5.41, 5.74) is 0. The maximum Gasteiger partial charge on any atom is 0.344 e. The lowest BCUT2D eigenvalue weighted by atomic mass is 10.3. The number of amides is 3. The van der Waals surface area contributed by atoms with Crippen LogP contribution in [0.2, 0.25) is 0 Å². The number of urea groups is 1. The number of nitrogens with one attached hydrogen (secondary N) is 1. The van der Waals surface area contributed by atoms with Crippen LogP contribution in [0.15, 0.2) is 0 Å². The number of carbonyl (C=O) groups excluding carboxylic acids is 2. The van der Waals surface area contributed by atoms with Crippen molar-refractivity contribution in [3.05, 3.63) is 0 Å². The summed E-state index contributed by atoms with van der Waals surface area (Å²) in [7, 11) is 0. The molecule has 0 atom stereocenters. The van der Waals surface area contributed by atoms with Crippen LogP contribution in [0, 0.1) is 0 Å². The van der Waals surface area contributed by atoms with Crippen molar-refractivity contribution in [2.24, 2.45) is 0 Å². The normalized spacial score (nSPS) is 19.5. The van der Waals surface area contributed by atoms with Crippen molar-refractivity contribution in [2.75, 3.05) is 6.54 Å². The highest BCUT2D eigenvalue weighted by Crippen LogP contribution is 1.85. The lowest BCUT2D eigenvalue weighted by Gasteiger charge is -2.07. The molecule has 0 aromatic carbocycles. The molecule has 3 amide bonds. The van der Waals surface area contributed by atoms with Gasteiger partial charge in [0.25, 0.3) is 5.91 Å². The Labute approximate surface area is 46.3 Å². The third-order valence-corrected chi connectivity index (χ3v) is 0.841. The number of carbonyl (C=O) groups is 2. The van der Waals surface area contributed by atoms with E-state index in [1.807, 2.05) is 0 Å². The van der Waals surface area contributed by atoms with E-state index in [0.29, 0.717) is 13.0 Å². The summed E-state index contributed by atoms with van der Waals surface area (Å²) in [6.07, 6.45) is 0.339. The molecular formula is C4H5N2O2. The molecule has 4 heteroatoms. The average molecular weight is 113 g/mol. The molecular weight excluding hydrogens is 108 g/mol. The molecule has 1 rings (SSSR count). The molecule has 0 aromatic heterocycles. The second kappa shape index (κ2) is 1.81. The third kappa shape index (κ3) is 0.959. The summed E-state index contributed by atoms with van der Waals surface area (Å²) < 4.78 is 0. The van der Waals surface area contributed by atoms with Gasteiger partial charge in [-0.1, -0.05) is 0 Å². The van der Waals surface area contributed by atoms with Gasteiger partial charge in [0.1, 0.15) is 0 Å². The molecule has 43 valence electrons. The van der Waals surface area contributed by atoms with Gasteiger partial charge in [-0.3, -0.25) is 4.79 Å². The lowest BCUT2D eigenvalue weighted by molar-refractivity contribution is -0.120. The fourth-order valence-electron chi connectivity index (χ4n) is 0.485. The molecule has 1 fully saturated rings. The van der Waals surface area contributed by atoms with Gasteiger partial charge in [0, 0.05) is 13.0 Å². The summed E-state index contributed by atoms with van der Waals surface area (Å²) in [6.45, 7) is 0.432. The first-order valence-electron chi connectivity index (χ1n) is 2.31. The number of hydrogen-bond donors (Lipinski definition) is 1. The monoisotopic (exact) mass is 113 g/mol. The van der Waals surface area contributed by atoms with Crippen molar-refractivity contribution < 1.29 is 9.59 Å². The van der Waals surface area contributed by atoms with Crippen LogP contribution in [0.5, 0.6) is 0 Å². The highest BCUT2D eigenvalue weighted by Gasteiger charge is 2.14. The van der Waals surface area contributed by atoms with Crippen LogP contribution in [-0.4, -0.2) is 18.5 Å². The molecule has 1 radical (unpaired) electrons. The van der Waals surface area contributed by atoms with E-state index < -0.39 is 6.03 Å². The minimum absolute atomic E-state index is 0.325.